The standard InChI is InChI=1S/C7H11N3S2/c1-6-4-10(2-3-11-6)7-8-5-9-12-7/h5-6H,2-4H2,1H3. The van der Waals surface area contributed by atoms with Crippen LogP contribution in [0.25, 0.3) is 0 Å². The summed E-state index contributed by atoms with van der Waals surface area (Å²) in [6.07, 6.45) is 1.63. The molecular weight excluding hydrogens is 190 g/mol. The minimum atomic E-state index is 0.725. The second-order valence-electron chi connectivity index (χ2n) is 2.85. The van der Waals surface area contributed by atoms with Crippen molar-refractivity contribution in [3.05, 3.63) is 6.33 Å². The monoisotopic (exact) mass is 201 g/mol. The molecule has 0 bridgehead atoms. The summed E-state index contributed by atoms with van der Waals surface area (Å²) in [6.45, 7) is 4.49. The molecule has 1 aromatic rings. The van der Waals surface area contributed by atoms with Crippen molar-refractivity contribution < 1.29 is 0 Å². The van der Waals surface area contributed by atoms with Crippen LogP contribution in [0.1, 0.15) is 6.92 Å². The molecule has 66 valence electrons. The second kappa shape index (κ2) is 3.62. The van der Waals surface area contributed by atoms with Crippen LogP contribution >= 0.6 is 23.3 Å². The topological polar surface area (TPSA) is 29.0 Å². The van der Waals surface area contributed by atoms with E-state index in [1.807, 2.05) is 11.8 Å². The Morgan fingerprint density at radius 2 is 2.58 bits per heavy atom. The summed E-state index contributed by atoms with van der Waals surface area (Å²) in [6, 6.07) is 0. The van der Waals surface area contributed by atoms with Crippen molar-refractivity contribution in [2.24, 2.45) is 0 Å². The van der Waals surface area contributed by atoms with Gasteiger partial charge in [0.2, 0.25) is 5.13 Å². The molecule has 0 saturated carbocycles. The number of thioether (sulfide) groups is 1. The Bertz CT molecular complexity index is 237. The molecule has 0 amide bonds. The Kier molecular flexibility index (Phi) is 2.51. The summed E-state index contributed by atoms with van der Waals surface area (Å²) in [5.41, 5.74) is 0. The molecule has 0 aliphatic carbocycles. The highest BCUT2D eigenvalue weighted by atomic mass is 32.2. The fraction of sp³-hybridized carbons (Fsp3) is 0.714. The minimum Gasteiger partial charge on any atom is -0.345 e. The Hall–Kier alpha value is -0.290. The Labute approximate surface area is 80.4 Å². The average molecular weight is 201 g/mol. The van der Waals surface area contributed by atoms with Crippen molar-refractivity contribution in [2.45, 2.75) is 12.2 Å². The molecule has 1 atom stereocenters. The van der Waals surface area contributed by atoms with Crippen LogP contribution in [0.2, 0.25) is 0 Å². The molecule has 1 saturated heterocycles. The van der Waals surface area contributed by atoms with Gasteiger partial charge in [-0.25, -0.2) is 4.98 Å². The van der Waals surface area contributed by atoms with Crippen LogP contribution in [0.15, 0.2) is 6.33 Å². The van der Waals surface area contributed by atoms with E-state index >= 15 is 0 Å². The quantitative estimate of drug-likeness (QED) is 0.688. The first-order valence-corrected chi connectivity index (χ1v) is 5.81. The summed E-state index contributed by atoms with van der Waals surface area (Å²) >= 11 is 3.52. The van der Waals surface area contributed by atoms with E-state index in [0.717, 1.165) is 23.5 Å². The van der Waals surface area contributed by atoms with Crippen molar-refractivity contribution in [3.63, 3.8) is 0 Å². The fourth-order valence-corrected chi connectivity index (χ4v) is 2.88. The maximum atomic E-state index is 4.20. The zero-order chi connectivity index (χ0) is 8.39. The van der Waals surface area contributed by atoms with E-state index < -0.39 is 0 Å². The van der Waals surface area contributed by atoms with Gasteiger partial charge in [-0.1, -0.05) is 6.92 Å². The highest BCUT2D eigenvalue weighted by molar-refractivity contribution is 8.00. The molecule has 0 radical (unpaired) electrons. The molecule has 1 aliphatic rings. The molecule has 12 heavy (non-hydrogen) atoms. The lowest BCUT2D eigenvalue weighted by Gasteiger charge is -2.29. The van der Waals surface area contributed by atoms with Gasteiger partial charge in [0.25, 0.3) is 0 Å². The van der Waals surface area contributed by atoms with Crippen LogP contribution in [0, 0.1) is 0 Å². The highest BCUT2D eigenvalue weighted by Crippen LogP contribution is 2.23. The van der Waals surface area contributed by atoms with Crippen molar-refractivity contribution in [1.29, 1.82) is 0 Å². The van der Waals surface area contributed by atoms with E-state index in [9.17, 15) is 0 Å². The summed E-state index contributed by atoms with van der Waals surface area (Å²) in [5, 5.41) is 1.80. The molecule has 1 fully saturated rings. The number of rotatable bonds is 1. The van der Waals surface area contributed by atoms with Crippen LogP contribution in [-0.4, -0.2) is 33.4 Å². The molecule has 5 heteroatoms. The van der Waals surface area contributed by atoms with E-state index in [-0.39, 0.29) is 0 Å². The van der Waals surface area contributed by atoms with Gasteiger partial charge in [-0.3, -0.25) is 0 Å². The first-order valence-electron chi connectivity index (χ1n) is 3.99. The first kappa shape index (κ1) is 8.31. The lowest BCUT2D eigenvalue weighted by Crippen LogP contribution is -2.36. The number of hydrogen-bond donors (Lipinski definition) is 0. The van der Waals surface area contributed by atoms with Gasteiger partial charge >= 0.3 is 0 Å². The minimum absolute atomic E-state index is 0.725. The van der Waals surface area contributed by atoms with Gasteiger partial charge in [0.1, 0.15) is 6.33 Å². The summed E-state index contributed by atoms with van der Waals surface area (Å²) in [4.78, 5) is 6.52. The maximum absolute atomic E-state index is 4.20. The van der Waals surface area contributed by atoms with Gasteiger partial charge in [-0.2, -0.15) is 16.1 Å². The Morgan fingerprint density at radius 3 is 3.25 bits per heavy atom. The summed E-state index contributed by atoms with van der Waals surface area (Å²) in [7, 11) is 0. The van der Waals surface area contributed by atoms with Crippen molar-refractivity contribution in [3.8, 4) is 0 Å². The number of anilines is 1. The van der Waals surface area contributed by atoms with Gasteiger partial charge in [0, 0.05) is 35.6 Å². The van der Waals surface area contributed by atoms with E-state index in [2.05, 4.69) is 21.2 Å². The van der Waals surface area contributed by atoms with Gasteiger partial charge in [0.05, 0.1) is 0 Å². The Morgan fingerprint density at radius 1 is 1.67 bits per heavy atom. The highest BCUT2D eigenvalue weighted by Gasteiger charge is 2.18. The molecule has 2 rings (SSSR count). The molecule has 1 aromatic heterocycles. The van der Waals surface area contributed by atoms with Gasteiger partial charge < -0.3 is 4.90 Å². The molecule has 1 unspecified atom stereocenters. The normalized spacial score (nSPS) is 24.4. The third-order valence-corrected chi connectivity index (χ3v) is 3.72. The maximum Gasteiger partial charge on any atom is 0.204 e. The van der Waals surface area contributed by atoms with E-state index in [4.69, 9.17) is 0 Å². The van der Waals surface area contributed by atoms with E-state index in [0.29, 0.717) is 0 Å². The van der Waals surface area contributed by atoms with Crippen molar-refractivity contribution in [2.75, 3.05) is 23.7 Å². The number of aromatic nitrogens is 2. The van der Waals surface area contributed by atoms with Crippen LogP contribution in [0.4, 0.5) is 5.13 Å². The summed E-state index contributed by atoms with van der Waals surface area (Å²) in [5.74, 6) is 1.21. The fourth-order valence-electron chi connectivity index (χ4n) is 1.30. The molecular formula is C7H11N3S2. The number of hydrogen-bond acceptors (Lipinski definition) is 5. The zero-order valence-corrected chi connectivity index (χ0v) is 8.57. The van der Waals surface area contributed by atoms with Crippen LogP contribution < -0.4 is 4.90 Å². The van der Waals surface area contributed by atoms with Crippen LogP contribution in [0.5, 0.6) is 0 Å². The molecule has 3 nitrogen and oxygen atoms in total. The summed E-state index contributed by atoms with van der Waals surface area (Å²) < 4.78 is 4.00. The molecule has 2 heterocycles. The van der Waals surface area contributed by atoms with E-state index in [1.54, 1.807) is 6.33 Å². The van der Waals surface area contributed by atoms with Crippen molar-refractivity contribution in [1.82, 2.24) is 9.36 Å². The molecule has 0 N–H and O–H groups in total. The van der Waals surface area contributed by atoms with Gasteiger partial charge in [-0.05, 0) is 0 Å². The first-order chi connectivity index (χ1) is 5.86. The number of nitrogens with zero attached hydrogens (tertiary/aromatic N) is 3. The Balaban J connectivity index is 2.04. The van der Waals surface area contributed by atoms with Gasteiger partial charge in [0.15, 0.2) is 0 Å². The molecule has 0 spiro atoms. The predicted molar refractivity (Wildman–Crippen MR) is 54.0 cm³/mol. The zero-order valence-electron chi connectivity index (χ0n) is 6.93. The lowest BCUT2D eigenvalue weighted by atomic mass is 10.4. The third kappa shape index (κ3) is 1.72. The lowest BCUT2D eigenvalue weighted by molar-refractivity contribution is 0.779. The van der Waals surface area contributed by atoms with E-state index in [1.165, 1.54) is 17.3 Å². The largest absolute Gasteiger partial charge is 0.345 e. The molecule has 0 aromatic carbocycles. The molecule has 1 aliphatic heterocycles. The SMILES string of the molecule is CC1CN(c2ncns2)CCS1. The van der Waals surface area contributed by atoms with Crippen LogP contribution in [-0.2, 0) is 0 Å². The van der Waals surface area contributed by atoms with Gasteiger partial charge in [-0.15, -0.1) is 0 Å². The van der Waals surface area contributed by atoms with Crippen LogP contribution in [0.3, 0.4) is 0 Å². The van der Waals surface area contributed by atoms with Crippen molar-refractivity contribution >= 4 is 28.4 Å². The third-order valence-electron chi connectivity index (χ3n) is 1.86. The smallest absolute Gasteiger partial charge is 0.204 e. The second-order valence-corrected chi connectivity index (χ2v) is 5.16. The average Bonchev–Trinajstić information content (AvgIpc) is 2.56. The predicted octanol–water partition coefficient (Wildman–Crippen LogP) is 1.48.